The highest BCUT2D eigenvalue weighted by atomic mass is 16.5. The van der Waals surface area contributed by atoms with Crippen LogP contribution in [0.2, 0.25) is 0 Å². The highest BCUT2D eigenvalue weighted by Gasteiger charge is 2.16. The minimum absolute atomic E-state index is 0.306. The van der Waals surface area contributed by atoms with Gasteiger partial charge < -0.3 is 13.9 Å². The molecule has 0 amide bonds. The second kappa shape index (κ2) is 4.98. The van der Waals surface area contributed by atoms with E-state index in [-0.39, 0.29) is 0 Å². The quantitative estimate of drug-likeness (QED) is 0.792. The van der Waals surface area contributed by atoms with Crippen molar-refractivity contribution in [3.63, 3.8) is 0 Å². The Hall–Kier alpha value is -2.20. The molecular weight excluding hydrogens is 234 g/mol. The van der Waals surface area contributed by atoms with Crippen molar-refractivity contribution in [2.45, 2.75) is 19.9 Å². The molecule has 0 aliphatic carbocycles. The summed E-state index contributed by atoms with van der Waals surface area (Å²) in [5, 5.41) is 16.6. The third-order valence-corrected chi connectivity index (χ3v) is 2.33. The molecule has 18 heavy (non-hydrogen) atoms. The average molecular weight is 247 g/mol. The van der Waals surface area contributed by atoms with Crippen molar-refractivity contribution in [1.82, 2.24) is 20.2 Å². The van der Waals surface area contributed by atoms with Crippen LogP contribution < -0.4 is 0 Å². The van der Waals surface area contributed by atoms with Gasteiger partial charge in [-0.2, -0.15) is 10.2 Å². The number of hydrogen-bond acceptors (Lipinski definition) is 7. The molecule has 7 nitrogen and oxygen atoms in total. The standard InChI is InChI=1S/C11H13N5O2/c1-7-8(5-12)9(14-17-7)4-11-13-10(15-18-11)6-16(2)3/h4,6H2,1-3H3. The minimum Gasteiger partial charge on any atom is -0.360 e. The maximum Gasteiger partial charge on any atom is 0.232 e. The summed E-state index contributed by atoms with van der Waals surface area (Å²) in [7, 11) is 3.84. The van der Waals surface area contributed by atoms with E-state index in [9.17, 15) is 0 Å². The Morgan fingerprint density at radius 1 is 1.28 bits per heavy atom. The van der Waals surface area contributed by atoms with Gasteiger partial charge in [0.25, 0.3) is 0 Å². The zero-order valence-electron chi connectivity index (χ0n) is 10.5. The lowest BCUT2D eigenvalue weighted by Gasteiger charge is -2.03. The van der Waals surface area contributed by atoms with Gasteiger partial charge in [-0.3, -0.25) is 0 Å². The Morgan fingerprint density at radius 3 is 2.72 bits per heavy atom. The summed E-state index contributed by atoms with van der Waals surface area (Å²) in [6.45, 7) is 2.30. The van der Waals surface area contributed by atoms with Crippen LogP contribution in [0.5, 0.6) is 0 Å². The van der Waals surface area contributed by atoms with E-state index < -0.39 is 0 Å². The Balaban J connectivity index is 2.14. The molecule has 0 aromatic carbocycles. The topological polar surface area (TPSA) is 92.0 Å². The van der Waals surface area contributed by atoms with Crippen molar-refractivity contribution >= 4 is 0 Å². The molecule has 2 aromatic heterocycles. The van der Waals surface area contributed by atoms with Gasteiger partial charge in [0.15, 0.2) is 11.6 Å². The van der Waals surface area contributed by atoms with Crippen LogP contribution in [-0.4, -0.2) is 34.3 Å². The summed E-state index contributed by atoms with van der Waals surface area (Å²) in [6.07, 6.45) is 0.306. The van der Waals surface area contributed by atoms with Crippen molar-refractivity contribution in [3.8, 4) is 6.07 Å². The number of hydrogen-bond donors (Lipinski definition) is 0. The summed E-state index contributed by atoms with van der Waals surface area (Å²) in [5.41, 5.74) is 0.956. The van der Waals surface area contributed by atoms with Gasteiger partial charge in [-0.05, 0) is 21.0 Å². The third kappa shape index (κ3) is 2.55. The molecule has 0 spiro atoms. The van der Waals surface area contributed by atoms with E-state index in [2.05, 4.69) is 15.3 Å². The van der Waals surface area contributed by atoms with E-state index in [1.54, 1.807) is 6.92 Å². The molecule has 0 unspecified atom stereocenters. The van der Waals surface area contributed by atoms with Crippen LogP contribution in [0, 0.1) is 18.3 Å². The Labute approximate surface area is 104 Å². The minimum atomic E-state index is 0.306. The van der Waals surface area contributed by atoms with Gasteiger partial charge in [0.2, 0.25) is 5.89 Å². The largest absolute Gasteiger partial charge is 0.360 e. The van der Waals surface area contributed by atoms with Gasteiger partial charge >= 0.3 is 0 Å². The molecule has 2 rings (SSSR count). The van der Waals surface area contributed by atoms with Gasteiger partial charge in [-0.1, -0.05) is 10.3 Å². The summed E-state index contributed by atoms with van der Waals surface area (Å²) in [6, 6.07) is 2.05. The summed E-state index contributed by atoms with van der Waals surface area (Å²) in [5.74, 6) is 1.53. The van der Waals surface area contributed by atoms with Crippen molar-refractivity contribution in [2.75, 3.05) is 14.1 Å². The molecule has 0 N–H and O–H groups in total. The Kier molecular flexibility index (Phi) is 3.39. The third-order valence-electron chi connectivity index (χ3n) is 2.33. The van der Waals surface area contributed by atoms with Crippen molar-refractivity contribution < 1.29 is 9.05 Å². The second-order valence-electron chi connectivity index (χ2n) is 4.19. The summed E-state index contributed by atoms with van der Waals surface area (Å²) >= 11 is 0. The summed E-state index contributed by atoms with van der Waals surface area (Å²) < 4.78 is 10.1. The highest BCUT2D eigenvalue weighted by Crippen LogP contribution is 2.15. The van der Waals surface area contributed by atoms with E-state index >= 15 is 0 Å². The number of rotatable bonds is 4. The van der Waals surface area contributed by atoms with Crippen LogP contribution in [0.15, 0.2) is 9.05 Å². The smallest absolute Gasteiger partial charge is 0.232 e. The molecule has 7 heteroatoms. The van der Waals surface area contributed by atoms with Crippen LogP contribution >= 0.6 is 0 Å². The monoisotopic (exact) mass is 247 g/mol. The molecule has 2 heterocycles. The first-order valence-corrected chi connectivity index (χ1v) is 5.41. The first kappa shape index (κ1) is 12.3. The highest BCUT2D eigenvalue weighted by molar-refractivity contribution is 5.36. The molecule has 0 aliphatic rings. The predicted molar refractivity (Wildman–Crippen MR) is 60.5 cm³/mol. The number of aromatic nitrogens is 3. The lowest BCUT2D eigenvalue weighted by Crippen LogP contribution is -2.11. The van der Waals surface area contributed by atoms with Crippen molar-refractivity contribution in [1.29, 1.82) is 5.26 Å². The van der Waals surface area contributed by atoms with Crippen LogP contribution in [0.1, 0.15) is 28.7 Å². The molecule has 0 fully saturated rings. The van der Waals surface area contributed by atoms with Gasteiger partial charge in [0.1, 0.15) is 17.3 Å². The van der Waals surface area contributed by atoms with Gasteiger partial charge in [-0.25, -0.2) is 0 Å². The fourth-order valence-corrected chi connectivity index (χ4v) is 1.53. The molecule has 2 aromatic rings. The van der Waals surface area contributed by atoms with E-state index in [1.807, 2.05) is 25.1 Å². The van der Waals surface area contributed by atoms with E-state index in [0.29, 0.717) is 41.7 Å². The molecule has 0 saturated carbocycles. The van der Waals surface area contributed by atoms with Crippen LogP contribution in [0.3, 0.4) is 0 Å². The number of aryl methyl sites for hydroxylation is 1. The molecular formula is C11H13N5O2. The SMILES string of the molecule is Cc1onc(Cc2nc(CN(C)C)no2)c1C#N. The molecule has 0 radical (unpaired) electrons. The van der Waals surface area contributed by atoms with Crippen LogP contribution in [0.25, 0.3) is 0 Å². The van der Waals surface area contributed by atoms with Crippen LogP contribution in [-0.2, 0) is 13.0 Å². The lowest BCUT2D eigenvalue weighted by atomic mass is 10.2. The fraction of sp³-hybridized carbons (Fsp3) is 0.455. The summed E-state index contributed by atoms with van der Waals surface area (Å²) in [4.78, 5) is 6.16. The molecule has 94 valence electrons. The first-order chi connectivity index (χ1) is 8.60. The zero-order valence-corrected chi connectivity index (χ0v) is 10.5. The fourth-order valence-electron chi connectivity index (χ4n) is 1.53. The molecule has 0 aliphatic heterocycles. The predicted octanol–water partition coefficient (Wildman–Crippen LogP) is 0.890. The second-order valence-corrected chi connectivity index (χ2v) is 4.19. The number of nitrogens with zero attached hydrogens (tertiary/aromatic N) is 5. The average Bonchev–Trinajstić information content (AvgIpc) is 2.86. The molecule has 0 bridgehead atoms. The van der Waals surface area contributed by atoms with Crippen LogP contribution in [0.4, 0.5) is 0 Å². The van der Waals surface area contributed by atoms with E-state index in [4.69, 9.17) is 14.3 Å². The normalized spacial score (nSPS) is 10.8. The van der Waals surface area contributed by atoms with Crippen molar-refractivity contribution in [2.24, 2.45) is 0 Å². The molecule has 0 saturated heterocycles. The van der Waals surface area contributed by atoms with Gasteiger partial charge in [-0.15, -0.1) is 0 Å². The lowest BCUT2D eigenvalue weighted by molar-refractivity contribution is 0.349. The molecule has 0 atom stereocenters. The maximum atomic E-state index is 8.97. The Morgan fingerprint density at radius 2 is 2.06 bits per heavy atom. The number of nitriles is 1. The van der Waals surface area contributed by atoms with Gasteiger partial charge in [0, 0.05) is 0 Å². The van der Waals surface area contributed by atoms with E-state index in [1.165, 1.54) is 0 Å². The zero-order chi connectivity index (χ0) is 13.1. The van der Waals surface area contributed by atoms with E-state index in [0.717, 1.165) is 0 Å². The Bertz CT molecular complexity index is 579. The maximum absolute atomic E-state index is 8.97. The van der Waals surface area contributed by atoms with Crippen molar-refractivity contribution in [3.05, 3.63) is 28.7 Å². The first-order valence-electron chi connectivity index (χ1n) is 5.41. The van der Waals surface area contributed by atoms with Gasteiger partial charge in [0.05, 0.1) is 13.0 Å².